The van der Waals surface area contributed by atoms with Crippen LogP contribution in [-0.2, 0) is 0 Å². The second-order valence-corrected chi connectivity index (χ2v) is 4.85. The maximum absolute atomic E-state index is 13.9. The van der Waals surface area contributed by atoms with Gasteiger partial charge in [0.2, 0.25) is 0 Å². The maximum Gasteiger partial charge on any atom is 0.129 e. The van der Waals surface area contributed by atoms with E-state index in [1.165, 1.54) is 18.2 Å². The number of halogens is 3. The molecule has 4 heteroatoms. The molecule has 1 N–H and O–H groups in total. The van der Waals surface area contributed by atoms with Crippen LogP contribution >= 0.6 is 15.9 Å². The topological polar surface area (TPSA) is 12.0 Å². The zero-order valence-electron chi connectivity index (χ0n) is 9.75. The summed E-state index contributed by atoms with van der Waals surface area (Å²) in [7, 11) is 1.75. The lowest BCUT2D eigenvalue weighted by Gasteiger charge is -2.18. The number of benzene rings is 2. The molecule has 0 spiro atoms. The Kier molecular flexibility index (Phi) is 4.09. The van der Waals surface area contributed by atoms with Gasteiger partial charge in [-0.25, -0.2) is 8.78 Å². The molecular weight excluding hydrogens is 300 g/mol. The average Bonchev–Trinajstić information content (AvgIpc) is 2.35. The molecule has 0 fully saturated rings. The molecule has 18 heavy (non-hydrogen) atoms. The van der Waals surface area contributed by atoms with Gasteiger partial charge in [-0.1, -0.05) is 34.1 Å². The summed E-state index contributed by atoms with van der Waals surface area (Å²) in [6.45, 7) is 0. The van der Waals surface area contributed by atoms with Crippen LogP contribution in [0.1, 0.15) is 17.2 Å². The van der Waals surface area contributed by atoms with E-state index in [2.05, 4.69) is 21.2 Å². The molecule has 0 aliphatic heterocycles. The largest absolute Gasteiger partial charge is 0.309 e. The summed E-state index contributed by atoms with van der Waals surface area (Å²) >= 11 is 3.22. The van der Waals surface area contributed by atoms with E-state index in [9.17, 15) is 8.78 Å². The molecule has 2 rings (SSSR count). The van der Waals surface area contributed by atoms with Gasteiger partial charge in [-0.3, -0.25) is 0 Å². The molecule has 1 atom stereocenters. The first-order valence-electron chi connectivity index (χ1n) is 5.49. The van der Waals surface area contributed by atoms with E-state index in [4.69, 9.17) is 0 Å². The van der Waals surface area contributed by atoms with E-state index in [0.717, 1.165) is 5.56 Å². The van der Waals surface area contributed by atoms with Gasteiger partial charge in [0.25, 0.3) is 0 Å². The van der Waals surface area contributed by atoms with Gasteiger partial charge < -0.3 is 5.32 Å². The van der Waals surface area contributed by atoms with Crippen LogP contribution in [0.4, 0.5) is 8.78 Å². The Labute approximate surface area is 113 Å². The second-order valence-electron chi connectivity index (χ2n) is 3.94. The van der Waals surface area contributed by atoms with E-state index >= 15 is 0 Å². The second kappa shape index (κ2) is 5.59. The third-order valence-electron chi connectivity index (χ3n) is 2.77. The molecule has 1 nitrogen and oxygen atoms in total. The zero-order chi connectivity index (χ0) is 13.1. The maximum atomic E-state index is 13.9. The smallest absolute Gasteiger partial charge is 0.129 e. The summed E-state index contributed by atoms with van der Waals surface area (Å²) in [5, 5.41) is 3.04. The van der Waals surface area contributed by atoms with Crippen molar-refractivity contribution in [1.29, 1.82) is 0 Å². The first kappa shape index (κ1) is 13.2. The molecule has 0 radical (unpaired) electrons. The van der Waals surface area contributed by atoms with Crippen LogP contribution in [0.15, 0.2) is 46.9 Å². The molecule has 0 heterocycles. The highest BCUT2D eigenvalue weighted by atomic mass is 79.9. The fourth-order valence-electron chi connectivity index (χ4n) is 1.89. The molecule has 0 bridgehead atoms. The average molecular weight is 312 g/mol. The molecule has 0 saturated heterocycles. The van der Waals surface area contributed by atoms with E-state index in [1.54, 1.807) is 31.3 Å². The monoisotopic (exact) mass is 311 g/mol. The highest BCUT2D eigenvalue weighted by Gasteiger charge is 2.16. The fraction of sp³-hybridized carbons (Fsp3) is 0.143. The SMILES string of the molecule is CNC(c1ccc(F)cc1)c1ccc(Br)cc1F. The van der Waals surface area contributed by atoms with E-state index in [-0.39, 0.29) is 17.7 Å². The van der Waals surface area contributed by atoms with Gasteiger partial charge in [-0.15, -0.1) is 0 Å². The number of hydrogen-bond acceptors (Lipinski definition) is 1. The molecule has 94 valence electrons. The van der Waals surface area contributed by atoms with Gasteiger partial charge in [0, 0.05) is 10.0 Å². The van der Waals surface area contributed by atoms with Crippen molar-refractivity contribution in [2.45, 2.75) is 6.04 Å². The third-order valence-corrected chi connectivity index (χ3v) is 3.26. The van der Waals surface area contributed by atoms with Gasteiger partial charge in [-0.05, 0) is 36.9 Å². The number of nitrogens with one attached hydrogen (secondary N) is 1. The minimum Gasteiger partial charge on any atom is -0.309 e. The summed E-state index contributed by atoms with van der Waals surface area (Å²) < 4.78 is 27.5. The summed E-state index contributed by atoms with van der Waals surface area (Å²) in [5.74, 6) is -0.599. The Balaban J connectivity index is 2.41. The van der Waals surface area contributed by atoms with E-state index in [0.29, 0.717) is 10.0 Å². The molecule has 2 aromatic carbocycles. The number of rotatable bonds is 3. The summed E-state index contributed by atoms with van der Waals surface area (Å²) in [6, 6.07) is 10.7. The minimum absolute atomic E-state index is 0.293. The summed E-state index contributed by atoms with van der Waals surface area (Å²) in [5.41, 5.74) is 1.35. The van der Waals surface area contributed by atoms with Crippen LogP contribution in [0.3, 0.4) is 0 Å². The highest BCUT2D eigenvalue weighted by Crippen LogP contribution is 2.26. The molecule has 0 amide bonds. The van der Waals surface area contributed by atoms with Crippen LogP contribution in [0.2, 0.25) is 0 Å². The van der Waals surface area contributed by atoms with Crippen molar-refractivity contribution in [1.82, 2.24) is 5.32 Å². The summed E-state index contributed by atoms with van der Waals surface area (Å²) in [6.07, 6.45) is 0. The van der Waals surface area contributed by atoms with Crippen molar-refractivity contribution in [3.05, 3.63) is 69.7 Å². The molecule has 2 aromatic rings. The lowest BCUT2D eigenvalue weighted by Crippen LogP contribution is -2.18. The quantitative estimate of drug-likeness (QED) is 0.902. The van der Waals surface area contributed by atoms with Crippen LogP contribution in [0.25, 0.3) is 0 Å². The van der Waals surface area contributed by atoms with Crippen molar-refractivity contribution in [3.63, 3.8) is 0 Å². The van der Waals surface area contributed by atoms with Crippen molar-refractivity contribution >= 4 is 15.9 Å². The Bertz CT molecular complexity index is 540. The van der Waals surface area contributed by atoms with Crippen LogP contribution in [-0.4, -0.2) is 7.05 Å². The van der Waals surface area contributed by atoms with E-state index in [1.807, 2.05) is 0 Å². The van der Waals surface area contributed by atoms with Crippen molar-refractivity contribution in [2.24, 2.45) is 0 Å². The molecule has 0 saturated carbocycles. The normalized spacial score (nSPS) is 12.4. The minimum atomic E-state index is -0.301. The Morgan fingerprint density at radius 1 is 1.06 bits per heavy atom. The third kappa shape index (κ3) is 2.76. The van der Waals surface area contributed by atoms with Gasteiger partial charge >= 0.3 is 0 Å². The van der Waals surface area contributed by atoms with Gasteiger partial charge in [0.05, 0.1) is 6.04 Å². The lowest BCUT2D eigenvalue weighted by molar-refractivity contribution is 0.574. The first-order chi connectivity index (χ1) is 8.61. The Morgan fingerprint density at radius 2 is 1.72 bits per heavy atom. The molecule has 1 unspecified atom stereocenters. The molecule has 0 aromatic heterocycles. The van der Waals surface area contributed by atoms with Crippen LogP contribution < -0.4 is 5.32 Å². The summed E-state index contributed by atoms with van der Waals surface area (Å²) in [4.78, 5) is 0. The Hall–Kier alpha value is -1.26. The molecular formula is C14H12BrF2N. The predicted molar refractivity (Wildman–Crippen MR) is 71.4 cm³/mol. The zero-order valence-corrected chi connectivity index (χ0v) is 11.3. The molecule has 0 aliphatic rings. The first-order valence-corrected chi connectivity index (χ1v) is 6.29. The fourth-order valence-corrected chi connectivity index (χ4v) is 2.23. The van der Waals surface area contributed by atoms with Crippen molar-refractivity contribution in [3.8, 4) is 0 Å². The van der Waals surface area contributed by atoms with Gasteiger partial charge in [0.1, 0.15) is 11.6 Å². The van der Waals surface area contributed by atoms with Gasteiger partial charge in [0.15, 0.2) is 0 Å². The van der Waals surface area contributed by atoms with Crippen LogP contribution in [0, 0.1) is 11.6 Å². The van der Waals surface area contributed by atoms with E-state index < -0.39 is 0 Å². The predicted octanol–water partition coefficient (Wildman–Crippen LogP) is 4.04. The van der Waals surface area contributed by atoms with Crippen LogP contribution in [0.5, 0.6) is 0 Å². The van der Waals surface area contributed by atoms with Crippen molar-refractivity contribution in [2.75, 3.05) is 7.05 Å². The Morgan fingerprint density at radius 3 is 2.28 bits per heavy atom. The standard InChI is InChI=1S/C14H12BrF2N/c1-18-14(9-2-5-11(16)6-3-9)12-7-4-10(15)8-13(12)17/h2-8,14,18H,1H3. The van der Waals surface area contributed by atoms with Crippen molar-refractivity contribution < 1.29 is 8.78 Å². The van der Waals surface area contributed by atoms with Gasteiger partial charge in [-0.2, -0.15) is 0 Å². The number of hydrogen-bond donors (Lipinski definition) is 1. The molecule has 0 aliphatic carbocycles. The highest BCUT2D eigenvalue weighted by molar-refractivity contribution is 9.10. The lowest BCUT2D eigenvalue weighted by atomic mass is 9.98.